The summed E-state index contributed by atoms with van der Waals surface area (Å²) in [6, 6.07) is 0. The normalized spacial score (nSPS) is 10.0. The molecule has 42 valence electrons. The van der Waals surface area contributed by atoms with Gasteiger partial charge < -0.3 is 0 Å². The number of nitrogens with zero attached hydrogens (tertiary/aromatic N) is 1. The fraction of sp³-hybridized carbons (Fsp3) is 0.750. The van der Waals surface area contributed by atoms with Gasteiger partial charge in [-0.15, -0.1) is 0 Å². The number of hydrogen-bond donors (Lipinski definition) is 2. The Morgan fingerprint density at radius 1 is 1.86 bits per heavy atom. The van der Waals surface area contributed by atoms with Gasteiger partial charge in [0.15, 0.2) is 0 Å². The third-order valence-corrected chi connectivity index (χ3v) is 0.584. The van der Waals surface area contributed by atoms with Crippen molar-refractivity contribution in [3.63, 3.8) is 0 Å². The molecule has 0 rings (SSSR count). The van der Waals surface area contributed by atoms with E-state index in [4.69, 9.17) is 5.84 Å². The minimum Gasteiger partial charge on any atom is -0.246 e. The van der Waals surface area contributed by atoms with Crippen LogP contribution in [-0.2, 0) is 0 Å². The molecule has 3 nitrogen and oxygen atoms in total. The van der Waals surface area contributed by atoms with E-state index < -0.39 is 0 Å². The molecule has 0 aromatic carbocycles. The molecule has 0 saturated carbocycles. The SMILES string of the molecule is CCC/C=N\NN. The van der Waals surface area contributed by atoms with E-state index >= 15 is 0 Å². The van der Waals surface area contributed by atoms with Crippen LogP contribution >= 0.6 is 0 Å². The summed E-state index contributed by atoms with van der Waals surface area (Å²) in [5, 5.41) is 3.56. The van der Waals surface area contributed by atoms with Gasteiger partial charge in [-0.25, -0.2) is 11.4 Å². The zero-order chi connectivity index (χ0) is 5.54. The maximum atomic E-state index is 4.82. The first kappa shape index (κ1) is 6.43. The van der Waals surface area contributed by atoms with Crippen LogP contribution in [0.15, 0.2) is 5.10 Å². The summed E-state index contributed by atoms with van der Waals surface area (Å²) in [5.41, 5.74) is 2.17. The molecule has 0 bridgehead atoms. The van der Waals surface area contributed by atoms with E-state index in [1.54, 1.807) is 6.21 Å². The highest BCUT2D eigenvalue weighted by molar-refractivity contribution is 5.56. The molecule has 0 aromatic heterocycles. The monoisotopic (exact) mass is 101 g/mol. The van der Waals surface area contributed by atoms with Crippen LogP contribution in [0.5, 0.6) is 0 Å². The fourth-order valence-corrected chi connectivity index (χ4v) is 0.246. The van der Waals surface area contributed by atoms with E-state index in [9.17, 15) is 0 Å². The summed E-state index contributed by atoms with van der Waals surface area (Å²) in [7, 11) is 0. The smallest absolute Gasteiger partial charge is 0.0258 e. The lowest BCUT2D eigenvalue weighted by molar-refractivity contribution is 0.802. The van der Waals surface area contributed by atoms with Gasteiger partial charge in [0.1, 0.15) is 0 Å². The number of rotatable bonds is 3. The van der Waals surface area contributed by atoms with Crippen LogP contribution in [0.3, 0.4) is 0 Å². The van der Waals surface area contributed by atoms with Crippen molar-refractivity contribution in [3.8, 4) is 0 Å². The van der Waals surface area contributed by atoms with Gasteiger partial charge in [-0.05, 0) is 6.42 Å². The molecular formula is C4H11N3. The molecule has 0 aliphatic heterocycles. The van der Waals surface area contributed by atoms with Gasteiger partial charge in [0.05, 0.1) is 0 Å². The Labute approximate surface area is 43.6 Å². The molecule has 0 aromatic rings. The number of nitrogens with two attached hydrogens (primary N) is 1. The molecule has 3 heteroatoms. The summed E-state index contributed by atoms with van der Waals surface area (Å²) >= 11 is 0. The summed E-state index contributed by atoms with van der Waals surface area (Å²) in [5.74, 6) is 4.82. The molecule has 0 unspecified atom stereocenters. The Balaban J connectivity index is 2.78. The van der Waals surface area contributed by atoms with E-state index in [0.29, 0.717) is 0 Å². The van der Waals surface area contributed by atoms with Crippen molar-refractivity contribution >= 4 is 6.21 Å². The van der Waals surface area contributed by atoms with Crippen molar-refractivity contribution in [2.75, 3.05) is 0 Å². The average molecular weight is 101 g/mol. The van der Waals surface area contributed by atoms with Gasteiger partial charge in [0.25, 0.3) is 0 Å². The second kappa shape index (κ2) is 5.43. The molecular weight excluding hydrogens is 90.1 g/mol. The summed E-state index contributed by atoms with van der Waals surface area (Å²) in [6.07, 6.45) is 3.86. The summed E-state index contributed by atoms with van der Waals surface area (Å²) in [6.45, 7) is 2.09. The highest BCUT2D eigenvalue weighted by atomic mass is 15.5. The van der Waals surface area contributed by atoms with Crippen LogP contribution in [0.1, 0.15) is 19.8 Å². The highest BCUT2D eigenvalue weighted by Crippen LogP contribution is 1.77. The van der Waals surface area contributed by atoms with Crippen molar-refractivity contribution < 1.29 is 0 Å². The number of hydrogen-bond acceptors (Lipinski definition) is 3. The van der Waals surface area contributed by atoms with Gasteiger partial charge in [-0.1, -0.05) is 13.3 Å². The van der Waals surface area contributed by atoms with Crippen LogP contribution in [0.25, 0.3) is 0 Å². The maximum absolute atomic E-state index is 4.82. The third-order valence-electron chi connectivity index (χ3n) is 0.584. The molecule has 3 N–H and O–H groups in total. The Morgan fingerprint density at radius 2 is 2.57 bits per heavy atom. The number of hydrazine groups is 1. The van der Waals surface area contributed by atoms with Crippen molar-refractivity contribution in [2.24, 2.45) is 10.9 Å². The lowest BCUT2D eigenvalue weighted by Crippen LogP contribution is -2.13. The molecule has 0 aliphatic rings. The number of hydrazone groups is 1. The van der Waals surface area contributed by atoms with Crippen molar-refractivity contribution in [3.05, 3.63) is 0 Å². The second-order valence-corrected chi connectivity index (χ2v) is 1.23. The third kappa shape index (κ3) is 5.43. The minimum absolute atomic E-state index is 0.990. The first-order valence-corrected chi connectivity index (χ1v) is 2.39. The molecule has 0 heterocycles. The van der Waals surface area contributed by atoms with Crippen LogP contribution < -0.4 is 11.4 Å². The number of nitrogens with one attached hydrogen (secondary N) is 1. The predicted octanol–water partition coefficient (Wildman–Crippen LogP) is 0.236. The van der Waals surface area contributed by atoms with Gasteiger partial charge in [-0.2, -0.15) is 5.10 Å². The van der Waals surface area contributed by atoms with Crippen molar-refractivity contribution in [1.29, 1.82) is 0 Å². The van der Waals surface area contributed by atoms with Gasteiger partial charge >= 0.3 is 0 Å². The first-order chi connectivity index (χ1) is 3.41. The molecule has 0 aliphatic carbocycles. The van der Waals surface area contributed by atoms with Crippen molar-refractivity contribution in [2.45, 2.75) is 19.8 Å². The first-order valence-electron chi connectivity index (χ1n) is 2.39. The zero-order valence-corrected chi connectivity index (χ0v) is 4.52. The largest absolute Gasteiger partial charge is 0.246 e. The quantitative estimate of drug-likeness (QED) is 0.304. The summed E-state index contributed by atoms with van der Waals surface area (Å²) in [4.78, 5) is 0. The van der Waals surface area contributed by atoms with Crippen LogP contribution in [0, 0.1) is 0 Å². The zero-order valence-electron chi connectivity index (χ0n) is 4.52. The van der Waals surface area contributed by atoms with Crippen LogP contribution in [0.4, 0.5) is 0 Å². The Morgan fingerprint density at radius 3 is 3.00 bits per heavy atom. The second-order valence-electron chi connectivity index (χ2n) is 1.23. The minimum atomic E-state index is 0.990. The molecule has 0 atom stereocenters. The Kier molecular flexibility index (Phi) is 4.99. The lowest BCUT2D eigenvalue weighted by atomic mass is 10.4. The van der Waals surface area contributed by atoms with Gasteiger partial charge in [-0.3, -0.25) is 0 Å². The predicted molar refractivity (Wildman–Crippen MR) is 30.7 cm³/mol. The van der Waals surface area contributed by atoms with E-state index in [1.165, 1.54) is 0 Å². The van der Waals surface area contributed by atoms with Gasteiger partial charge in [0.2, 0.25) is 0 Å². The topological polar surface area (TPSA) is 50.4 Å². The van der Waals surface area contributed by atoms with E-state index in [0.717, 1.165) is 12.8 Å². The van der Waals surface area contributed by atoms with Crippen LogP contribution in [-0.4, -0.2) is 6.21 Å². The standard InChI is InChI=1S/C4H11N3/c1-2-3-4-6-7-5/h4,7H,2-3,5H2,1H3/b6-4-. The molecule has 0 radical (unpaired) electrons. The van der Waals surface area contributed by atoms with E-state index in [2.05, 4.69) is 17.6 Å². The van der Waals surface area contributed by atoms with Crippen LogP contribution in [0.2, 0.25) is 0 Å². The molecule has 0 amide bonds. The van der Waals surface area contributed by atoms with E-state index in [1.807, 2.05) is 0 Å². The Hall–Kier alpha value is -0.570. The maximum Gasteiger partial charge on any atom is 0.0258 e. The van der Waals surface area contributed by atoms with Crippen molar-refractivity contribution in [1.82, 2.24) is 5.53 Å². The number of unbranched alkanes of at least 4 members (excludes halogenated alkanes) is 1. The molecule has 0 fully saturated rings. The molecule has 0 saturated heterocycles. The summed E-state index contributed by atoms with van der Waals surface area (Å²) < 4.78 is 0. The van der Waals surface area contributed by atoms with E-state index in [-0.39, 0.29) is 0 Å². The Bertz CT molecular complexity index is 50.9. The average Bonchev–Trinajstić information content (AvgIpc) is 1.69. The molecule has 7 heavy (non-hydrogen) atoms. The van der Waals surface area contributed by atoms with Gasteiger partial charge in [0, 0.05) is 6.21 Å². The molecule has 0 spiro atoms. The fourth-order valence-electron chi connectivity index (χ4n) is 0.246. The highest BCUT2D eigenvalue weighted by Gasteiger charge is 1.68. The lowest BCUT2D eigenvalue weighted by Gasteiger charge is -1.83.